The second-order valence-electron chi connectivity index (χ2n) is 4.45. The van der Waals surface area contributed by atoms with Crippen LogP contribution in [0.5, 0.6) is 11.5 Å². The van der Waals surface area contributed by atoms with E-state index in [-0.39, 0.29) is 5.75 Å². The third-order valence-corrected chi connectivity index (χ3v) is 3.22. The third kappa shape index (κ3) is 2.90. The van der Waals surface area contributed by atoms with Gasteiger partial charge < -0.3 is 14.8 Å². The summed E-state index contributed by atoms with van der Waals surface area (Å²) in [7, 11) is 3.35. The van der Waals surface area contributed by atoms with Gasteiger partial charge in [-0.25, -0.2) is 0 Å². The van der Waals surface area contributed by atoms with Crippen LogP contribution in [0.3, 0.4) is 0 Å². The average Bonchev–Trinajstić information content (AvgIpc) is 3.08. The van der Waals surface area contributed by atoms with E-state index in [1.54, 1.807) is 12.1 Å². The molecular weight excluding hydrogens is 240 g/mol. The van der Waals surface area contributed by atoms with E-state index in [0.29, 0.717) is 17.6 Å². The largest absolute Gasteiger partial charge is 0.493 e. The maximum absolute atomic E-state index is 12.3. The first kappa shape index (κ1) is 13.1. The minimum atomic E-state index is -2.83. The fourth-order valence-corrected chi connectivity index (χ4v) is 2.26. The molecule has 1 saturated carbocycles. The molecule has 1 aliphatic rings. The highest BCUT2D eigenvalue weighted by Crippen LogP contribution is 2.48. The molecule has 1 N–H and O–H groups in total. The predicted octanol–water partition coefficient (Wildman–Crippen LogP) is 2.62. The molecule has 18 heavy (non-hydrogen) atoms. The third-order valence-electron chi connectivity index (χ3n) is 3.22. The van der Waals surface area contributed by atoms with Crippen molar-refractivity contribution in [2.24, 2.45) is 5.92 Å². The summed E-state index contributed by atoms with van der Waals surface area (Å²) in [4.78, 5) is 0. The van der Waals surface area contributed by atoms with Crippen molar-refractivity contribution in [3.8, 4) is 11.5 Å². The van der Waals surface area contributed by atoms with Gasteiger partial charge in [-0.1, -0.05) is 6.07 Å². The molecule has 1 aliphatic carbocycles. The van der Waals surface area contributed by atoms with Crippen LogP contribution >= 0.6 is 0 Å². The van der Waals surface area contributed by atoms with E-state index in [2.05, 4.69) is 10.1 Å². The predicted molar refractivity (Wildman–Crippen MR) is 64.4 cm³/mol. The zero-order valence-corrected chi connectivity index (χ0v) is 10.5. The first-order valence-corrected chi connectivity index (χ1v) is 5.93. The molecule has 3 nitrogen and oxygen atoms in total. The minimum absolute atomic E-state index is 0.111. The molecule has 1 aromatic rings. The number of nitrogens with one attached hydrogen (secondary N) is 1. The van der Waals surface area contributed by atoms with Crippen LogP contribution < -0.4 is 14.8 Å². The monoisotopic (exact) mass is 257 g/mol. The molecule has 0 spiro atoms. The number of halogens is 2. The van der Waals surface area contributed by atoms with Crippen LogP contribution in [0.4, 0.5) is 8.78 Å². The second-order valence-corrected chi connectivity index (χ2v) is 4.45. The first-order valence-electron chi connectivity index (χ1n) is 5.93. The summed E-state index contributed by atoms with van der Waals surface area (Å²) in [6, 6.07) is 5.25. The van der Waals surface area contributed by atoms with Crippen LogP contribution in [0, 0.1) is 5.92 Å². The smallest absolute Gasteiger partial charge is 0.387 e. The summed E-state index contributed by atoms with van der Waals surface area (Å²) in [6.45, 7) is -1.89. The lowest BCUT2D eigenvalue weighted by molar-refractivity contribution is -0.0512. The average molecular weight is 257 g/mol. The Balaban J connectivity index is 2.13. The van der Waals surface area contributed by atoms with Crippen molar-refractivity contribution in [1.29, 1.82) is 0 Å². The van der Waals surface area contributed by atoms with E-state index in [1.807, 2.05) is 13.1 Å². The summed E-state index contributed by atoms with van der Waals surface area (Å²) in [6.07, 6.45) is 1.08. The van der Waals surface area contributed by atoms with Crippen LogP contribution in [0.25, 0.3) is 0 Å². The maximum atomic E-state index is 12.3. The Morgan fingerprint density at radius 1 is 1.39 bits per heavy atom. The summed E-state index contributed by atoms with van der Waals surface area (Å²) in [5.41, 5.74) is 1.03. The van der Waals surface area contributed by atoms with E-state index >= 15 is 0 Å². The zero-order valence-electron chi connectivity index (χ0n) is 10.5. The molecule has 2 atom stereocenters. The number of hydrogen-bond acceptors (Lipinski definition) is 3. The number of alkyl halides is 2. The number of methoxy groups -OCH3 is 1. The van der Waals surface area contributed by atoms with Gasteiger partial charge in [0.25, 0.3) is 0 Å². The Kier molecular flexibility index (Phi) is 4.01. The Labute approximate surface area is 105 Å². The normalized spacial score (nSPS) is 22.1. The van der Waals surface area contributed by atoms with Gasteiger partial charge in [-0.15, -0.1) is 0 Å². The molecule has 0 heterocycles. The van der Waals surface area contributed by atoms with Crippen molar-refractivity contribution in [2.75, 3.05) is 20.7 Å². The Morgan fingerprint density at radius 2 is 2.17 bits per heavy atom. The number of benzene rings is 1. The molecule has 1 aromatic carbocycles. The zero-order chi connectivity index (χ0) is 13.1. The quantitative estimate of drug-likeness (QED) is 0.849. The second kappa shape index (κ2) is 5.52. The van der Waals surface area contributed by atoms with Crippen LogP contribution in [-0.2, 0) is 0 Å². The Bertz CT molecular complexity index is 412. The molecule has 0 amide bonds. The summed E-state index contributed by atoms with van der Waals surface area (Å²) >= 11 is 0. The SMILES string of the molecule is CNCC1CC1c1ccc(OC)c(OC(F)F)c1. The standard InChI is InChI=1S/C13H17F2NO2/c1-16-7-9-5-10(9)8-3-4-11(17-2)12(6-8)18-13(14)15/h3-4,6,9-10,13,16H,5,7H2,1-2H3. The van der Waals surface area contributed by atoms with Gasteiger partial charge in [0.05, 0.1) is 7.11 Å². The van der Waals surface area contributed by atoms with Gasteiger partial charge in [0.15, 0.2) is 11.5 Å². The molecule has 2 rings (SSSR count). The van der Waals surface area contributed by atoms with E-state index < -0.39 is 6.61 Å². The van der Waals surface area contributed by atoms with Gasteiger partial charge >= 0.3 is 6.61 Å². The minimum Gasteiger partial charge on any atom is -0.493 e. The fraction of sp³-hybridized carbons (Fsp3) is 0.538. The Morgan fingerprint density at radius 3 is 2.78 bits per heavy atom. The van der Waals surface area contributed by atoms with Gasteiger partial charge in [0, 0.05) is 0 Å². The summed E-state index contributed by atoms with van der Waals surface area (Å²) in [5.74, 6) is 1.47. The van der Waals surface area contributed by atoms with Gasteiger partial charge in [-0.2, -0.15) is 8.78 Å². The van der Waals surface area contributed by atoms with Crippen LogP contribution in [0.15, 0.2) is 18.2 Å². The molecule has 1 fully saturated rings. The molecule has 0 saturated heterocycles. The van der Waals surface area contributed by atoms with Crippen molar-refractivity contribution < 1.29 is 18.3 Å². The van der Waals surface area contributed by atoms with E-state index in [9.17, 15) is 8.78 Å². The van der Waals surface area contributed by atoms with Crippen LogP contribution in [-0.4, -0.2) is 27.3 Å². The first-order chi connectivity index (χ1) is 8.65. The van der Waals surface area contributed by atoms with Gasteiger partial charge in [0.2, 0.25) is 0 Å². The van der Waals surface area contributed by atoms with Gasteiger partial charge in [-0.3, -0.25) is 0 Å². The molecule has 0 bridgehead atoms. The summed E-state index contributed by atoms with van der Waals surface area (Å²) < 4.78 is 34.1. The molecule has 5 heteroatoms. The Hall–Kier alpha value is -1.36. The van der Waals surface area contributed by atoms with Crippen molar-refractivity contribution in [2.45, 2.75) is 19.0 Å². The highest BCUT2D eigenvalue weighted by Gasteiger charge is 2.37. The molecule has 0 radical (unpaired) electrons. The van der Waals surface area contributed by atoms with E-state index in [4.69, 9.17) is 4.74 Å². The number of hydrogen-bond donors (Lipinski definition) is 1. The lowest BCUT2D eigenvalue weighted by Gasteiger charge is -2.11. The van der Waals surface area contributed by atoms with Gasteiger partial charge in [0.1, 0.15) is 0 Å². The molecule has 0 aliphatic heterocycles. The molecule has 2 unspecified atom stereocenters. The van der Waals surface area contributed by atoms with Crippen molar-refractivity contribution >= 4 is 0 Å². The highest BCUT2D eigenvalue weighted by atomic mass is 19.3. The maximum Gasteiger partial charge on any atom is 0.387 e. The number of rotatable bonds is 6. The van der Waals surface area contributed by atoms with Crippen LogP contribution in [0.2, 0.25) is 0 Å². The van der Waals surface area contributed by atoms with Crippen molar-refractivity contribution in [3.63, 3.8) is 0 Å². The summed E-state index contributed by atoms with van der Waals surface area (Å²) in [5, 5.41) is 3.12. The molecule has 0 aromatic heterocycles. The van der Waals surface area contributed by atoms with Crippen LogP contribution in [0.1, 0.15) is 17.9 Å². The highest BCUT2D eigenvalue weighted by molar-refractivity contribution is 5.45. The number of ether oxygens (including phenoxy) is 2. The lowest BCUT2D eigenvalue weighted by Crippen LogP contribution is -2.10. The molecule has 100 valence electrons. The van der Waals surface area contributed by atoms with E-state index in [0.717, 1.165) is 18.5 Å². The van der Waals surface area contributed by atoms with Gasteiger partial charge in [-0.05, 0) is 49.5 Å². The topological polar surface area (TPSA) is 30.5 Å². The molecular formula is C13H17F2NO2. The lowest BCUT2D eigenvalue weighted by atomic mass is 10.1. The van der Waals surface area contributed by atoms with Crippen molar-refractivity contribution in [1.82, 2.24) is 5.32 Å². The fourth-order valence-electron chi connectivity index (χ4n) is 2.26. The van der Waals surface area contributed by atoms with Crippen molar-refractivity contribution in [3.05, 3.63) is 23.8 Å². The van der Waals surface area contributed by atoms with E-state index in [1.165, 1.54) is 7.11 Å².